The smallest absolute Gasteiger partial charge is 0.320 e. The number of hydrogen-bond acceptors (Lipinski definition) is 3. The topological polar surface area (TPSA) is 43.4 Å². The Morgan fingerprint density at radius 2 is 2.42 bits per heavy atom. The molecule has 12 heavy (non-hydrogen) atoms. The Labute approximate surface area is 76.0 Å². The van der Waals surface area contributed by atoms with E-state index in [4.69, 9.17) is 11.6 Å². The summed E-state index contributed by atoms with van der Waals surface area (Å²) in [7, 11) is 1.28. The minimum absolute atomic E-state index is 0.0402. The molecule has 0 aromatic rings. The van der Waals surface area contributed by atoms with Crippen molar-refractivity contribution in [3.05, 3.63) is 0 Å². The molecule has 0 amide bonds. The molecule has 1 aliphatic rings. The number of carbonyl (C=O) groups is 2. The van der Waals surface area contributed by atoms with Gasteiger partial charge in [0, 0.05) is 12.3 Å². The van der Waals surface area contributed by atoms with Crippen LogP contribution in [0.2, 0.25) is 0 Å². The molecule has 68 valence electrons. The van der Waals surface area contributed by atoms with Gasteiger partial charge in [-0.3, -0.25) is 9.59 Å². The van der Waals surface area contributed by atoms with E-state index < -0.39 is 11.4 Å². The summed E-state index contributed by atoms with van der Waals surface area (Å²) in [5, 5.41) is 0. The van der Waals surface area contributed by atoms with Gasteiger partial charge in [0.2, 0.25) is 0 Å². The molecule has 3 nitrogen and oxygen atoms in total. The Kier molecular flexibility index (Phi) is 2.73. The van der Waals surface area contributed by atoms with Crippen LogP contribution in [-0.4, -0.2) is 24.7 Å². The average molecular weight is 191 g/mol. The highest BCUT2D eigenvalue weighted by Gasteiger charge is 2.48. The van der Waals surface area contributed by atoms with Gasteiger partial charge in [0.15, 0.2) is 5.78 Å². The van der Waals surface area contributed by atoms with Gasteiger partial charge in [-0.05, 0) is 12.8 Å². The van der Waals surface area contributed by atoms with E-state index in [0.717, 1.165) is 6.42 Å². The van der Waals surface area contributed by atoms with Gasteiger partial charge in [0.1, 0.15) is 5.41 Å². The number of methoxy groups -OCH3 is 1. The molecular weight excluding hydrogens is 180 g/mol. The second-order valence-electron chi connectivity index (χ2n) is 2.98. The number of Topliss-reactive ketones (excluding diaryl/α,β-unsaturated/α-hetero) is 1. The summed E-state index contributed by atoms with van der Waals surface area (Å²) in [6.45, 7) is 0. The zero-order valence-electron chi connectivity index (χ0n) is 6.93. The summed E-state index contributed by atoms with van der Waals surface area (Å²) in [5.74, 6) is -0.525. The highest BCUT2D eigenvalue weighted by Crippen LogP contribution is 2.36. The Hall–Kier alpha value is -0.570. The van der Waals surface area contributed by atoms with E-state index in [9.17, 15) is 9.59 Å². The molecule has 1 aliphatic carbocycles. The Bertz CT molecular complexity index is 214. The first kappa shape index (κ1) is 9.52. The van der Waals surface area contributed by atoms with Crippen molar-refractivity contribution in [2.75, 3.05) is 13.0 Å². The molecule has 1 atom stereocenters. The number of carbonyl (C=O) groups excluding carboxylic acids is 2. The first-order valence-electron chi connectivity index (χ1n) is 3.85. The third-order valence-corrected chi connectivity index (χ3v) is 2.80. The van der Waals surface area contributed by atoms with Crippen molar-refractivity contribution < 1.29 is 14.3 Å². The van der Waals surface area contributed by atoms with Gasteiger partial charge in [-0.1, -0.05) is 0 Å². The summed E-state index contributed by atoms with van der Waals surface area (Å²) in [6, 6.07) is 0. The van der Waals surface area contributed by atoms with Crippen LogP contribution in [0.5, 0.6) is 0 Å². The first-order chi connectivity index (χ1) is 5.67. The van der Waals surface area contributed by atoms with Crippen LogP contribution in [0.25, 0.3) is 0 Å². The summed E-state index contributed by atoms with van der Waals surface area (Å²) in [5.41, 5.74) is -1.03. The molecule has 0 aliphatic heterocycles. The van der Waals surface area contributed by atoms with Crippen LogP contribution in [-0.2, 0) is 14.3 Å². The van der Waals surface area contributed by atoms with Gasteiger partial charge in [-0.2, -0.15) is 0 Å². The molecule has 4 heteroatoms. The minimum atomic E-state index is -1.03. The van der Waals surface area contributed by atoms with Crippen LogP contribution in [0.1, 0.15) is 19.3 Å². The van der Waals surface area contributed by atoms with Crippen LogP contribution in [0.15, 0.2) is 0 Å². The minimum Gasteiger partial charge on any atom is -0.468 e. The number of ether oxygens (including phenoxy) is 1. The van der Waals surface area contributed by atoms with Crippen molar-refractivity contribution in [2.45, 2.75) is 19.3 Å². The maximum Gasteiger partial charge on any atom is 0.320 e. The molecule has 0 radical (unpaired) electrons. The maximum absolute atomic E-state index is 11.3. The second-order valence-corrected chi connectivity index (χ2v) is 3.25. The first-order valence-corrected chi connectivity index (χ1v) is 4.38. The molecule has 1 rings (SSSR count). The Morgan fingerprint density at radius 1 is 1.75 bits per heavy atom. The van der Waals surface area contributed by atoms with E-state index >= 15 is 0 Å². The number of rotatable bonds is 2. The zero-order chi connectivity index (χ0) is 9.19. The van der Waals surface area contributed by atoms with Gasteiger partial charge >= 0.3 is 5.97 Å². The zero-order valence-corrected chi connectivity index (χ0v) is 7.69. The van der Waals surface area contributed by atoms with Crippen LogP contribution in [0, 0.1) is 5.41 Å². The van der Waals surface area contributed by atoms with E-state index in [1.807, 2.05) is 0 Å². The molecule has 1 unspecified atom stereocenters. The van der Waals surface area contributed by atoms with E-state index in [0.29, 0.717) is 12.8 Å². The largest absolute Gasteiger partial charge is 0.468 e. The van der Waals surface area contributed by atoms with E-state index in [2.05, 4.69) is 4.74 Å². The number of alkyl halides is 1. The molecule has 0 aromatic heterocycles. The lowest BCUT2D eigenvalue weighted by molar-refractivity contribution is -0.154. The van der Waals surface area contributed by atoms with Crippen LogP contribution < -0.4 is 0 Å². The molecule has 0 N–H and O–H groups in total. The lowest BCUT2D eigenvalue weighted by Gasteiger charge is -2.20. The quantitative estimate of drug-likeness (QED) is 0.373. The number of hydrogen-bond donors (Lipinski definition) is 0. The fourth-order valence-corrected chi connectivity index (χ4v) is 1.93. The van der Waals surface area contributed by atoms with E-state index in [-0.39, 0.29) is 11.7 Å². The van der Waals surface area contributed by atoms with Crippen LogP contribution in [0.3, 0.4) is 0 Å². The predicted molar refractivity (Wildman–Crippen MR) is 44.0 cm³/mol. The molecule has 0 heterocycles. The third-order valence-electron chi connectivity index (χ3n) is 2.35. The summed E-state index contributed by atoms with van der Waals surface area (Å²) < 4.78 is 4.55. The molecule has 0 spiro atoms. The Morgan fingerprint density at radius 3 is 2.75 bits per heavy atom. The lowest BCUT2D eigenvalue weighted by atomic mass is 9.88. The molecule has 1 fully saturated rings. The van der Waals surface area contributed by atoms with Gasteiger partial charge in [0.05, 0.1) is 7.11 Å². The molecule has 0 bridgehead atoms. The monoisotopic (exact) mass is 190 g/mol. The number of esters is 1. The summed E-state index contributed by atoms with van der Waals surface area (Å²) >= 11 is 5.61. The van der Waals surface area contributed by atoms with Crippen molar-refractivity contribution >= 4 is 23.4 Å². The summed E-state index contributed by atoms with van der Waals surface area (Å²) in [6.07, 6.45) is 1.71. The van der Waals surface area contributed by atoms with Crippen molar-refractivity contribution in [2.24, 2.45) is 5.41 Å². The van der Waals surface area contributed by atoms with Crippen LogP contribution in [0.4, 0.5) is 0 Å². The highest BCUT2D eigenvalue weighted by atomic mass is 35.5. The maximum atomic E-state index is 11.3. The third kappa shape index (κ3) is 1.22. The van der Waals surface area contributed by atoms with Gasteiger partial charge in [0.25, 0.3) is 0 Å². The number of ketones is 1. The lowest BCUT2D eigenvalue weighted by Crippen LogP contribution is -2.38. The van der Waals surface area contributed by atoms with Gasteiger partial charge in [-0.15, -0.1) is 11.6 Å². The van der Waals surface area contributed by atoms with Crippen molar-refractivity contribution in [3.63, 3.8) is 0 Å². The van der Waals surface area contributed by atoms with Gasteiger partial charge < -0.3 is 4.74 Å². The van der Waals surface area contributed by atoms with Crippen LogP contribution >= 0.6 is 11.6 Å². The van der Waals surface area contributed by atoms with Gasteiger partial charge in [-0.25, -0.2) is 0 Å². The average Bonchev–Trinajstić information content (AvgIpc) is 2.46. The predicted octanol–water partition coefficient (Wildman–Crippen LogP) is 1.14. The molecule has 1 saturated carbocycles. The Balaban J connectivity index is 2.88. The fraction of sp³-hybridized carbons (Fsp3) is 0.750. The van der Waals surface area contributed by atoms with Crippen molar-refractivity contribution in [3.8, 4) is 0 Å². The number of halogens is 1. The SMILES string of the molecule is COC(=O)C1(CCl)CCCC1=O. The summed E-state index contributed by atoms with van der Waals surface area (Å²) in [4.78, 5) is 22.6. The highest BCUT2D eigenvalue weighted by molar-refractivity contribution is 6.23. The fourth-order valence-electron chi connectivity index (χ4n) is 1.54. The van der Waals surface area contributed by atoms with E-state index in [1.165, 1.54) is 7.11 Å². The second kappa shape index (κ2) is 3.44. The van der Waals surface area contributed by atoms with Crippen molar-refractivity contribution in [1.29, 1.82) is 0 Å². The van der Waals surface area contributed by atoms with E-state index in [1.54, 1.807) is 0 Å². The van der Waals surface area contributed by atoms with Crippen molar-refractivity contribution in [1.82, 2.24) is 0 Å². The normalized spacial score (nSPS) is 29.0. The standard InChI is InChI=1S/C8H11ClO3/c1-12-7(11)8(5-9)4-2-3-6(8)10/h2-5H2,1H3. The molecule has 0 saturated heterocycles. The molecule has 0 aromatic carbocycles. The molecular formula is C8H11ClO3.